The molecule has 0 spiro atoms. The molecule has 0 unspecified atom stereocenters. The van der Waals surface area contributed by atoms with E-state index in [1.165, 1.54) is 4.90 Å². The van der Waals surface area contributed by atoms with Crippen LogP contribution < -0.4 is 4.90 Å². The van der Waals surface area contributed by atoms with Crippen LogP contribution in [0.2, 0.25) is 15.1 Å². The van der Waals surface area contributed by atoms with Crippen molar-refractivity contribution in [3.8, 4) is 0 Å². The van der Waals surface area contributed by atoms with E-state index in [1.54, 1.807) is 12.1 Å². The number of hydrogen-bond donors (Lipinski definition) is 0. The summed E-state index contributed by atoms with van der Waals surface area (Å²) in [5.74, 6) is 0. The van der Waals surface area contributed by atoms with Gasteiger partial charge in [-0.15, -0.1) is 0 Å². The first-order valence-corrected chi connectivity index (χ1v) is 6.65. The van der Waals surface area contributed by atoms with E-state index < -0.39 is 0 Å². The van der Waals surface area contributed by atoms with Crippen molar-refractivity contribution in [2.75, 3.05) is 4.90 Å². The average molecular weight is 315 g/mol. The molecule has 19 heavy (non-hydrogen) atoms. The quantitative estimate of drug-likeness (QED) is 0.586. The lowest BCUT2D eigenvalue weighted by Gasteiger charge is -2.18. The van der Waals surface area contributed by atoms with E-state index in [-0.39, 0.29) is 5.02 Å². The first kappa shape index (κ1) is 14.2. The highest BCUT2D eigenvalue weighted by Crippen LogP contribution is 2.34. The molecule has 0 heterocycles. The Labute approximate surface area is 126 Å². The van der Waals surface area contributed by atoms with Gasteiger partial charge in [0, 0.05) is 5.69 Å². The van der Waals surface area contributed by atoms with Crippen molar-refractivity contribution in [2.45, 2.75) is 6.54 Å². The molecule has 0 atom stereocenters. The molecule has 0 aliphatic rings. The van der Waals surface area contributed by atoms with Gasteiger partial charge in [-0.1, -0.05) is 65.1 Å². The van der Waals surface area contributed by atoms with Crippen LogP contribution in [0.4, 0.5) is 5.69 Å². The Bertz CT molecular complexity index is 563. The Hall–Kier alpha value is -1.22. The van der Waals surface area contributed by atoms with Gasteiger partial charge in [0.2, 0.25) is 6.41 Å². The molecule has 0 radical (unpaired) electrons. The zero-order valence-electron chi connectivity index (χ0n) is 9.82. The highest BCUT2D eigenvalue weighted by atomic mass is 35.5. The van der Waals surface area contributed by atoms with Crippen molar-refractivity contribution in [3.63, 3.8) is 0 Å². The molecule has 0 saturated heterocycles. The molecule has 0 bridgehead atoms. The van der Waals surface area contributed by atoms with Crippen LogP contribution in [0.3, 0.4) is 0 Å². The third-order valence-electron chi connectivity index (χ3n) is 2.62. The lowest BCUT2D eigenvalue weighted by Crippen LogP contribution is -2.20. The number of carbonyl (C=O) groups is 1. The SMILES string of the molecule is O=CN(Cc1ccccc1)c1cc(Cl)c(Cl)c(Cl)c1. The van der Waals surface area contributed by atoms with Gasteiger partial charge in [0.1, 0.15) is 0 Å². The number of halogens is 3. The molecule has 2 rings (SSSR count). The fourth-order valence-electron chi connectivity index (χ4n) is 1.68. The topological polar surface area (TPSA) is 20.3 Å². The van der Waals surface area contributed by atoms with Gasteiger partial charge in [-0.2, -0.15) is 0 Å². The third kappa shape index (κ3) is 3.41. The summed E-state index contributed by atoms with van der Waals surface area (Å²) >= 11 is 17.8. The highest BCUT2D eigenvalue weighted by Gasteiger charge is 2.11. The van der Waals surface area contributed by atoms with E-state index in [2.05, 4.69) is 0 Å². The third-order valence-corrected chi connectivity index (χ3v) is 3.82. The van der Waals surface area contributed by atoms with E-state index in [4.69, 9.17) is 34.8 Å². The Morgan fingerprint density at radius 1 is 1.00 bits per heavy atom. The molecular formula is C14H10Cl3NO. The number of nitrogens with zero attached hydrogens (tertiary/aromatic N) is 1. The predicted molar refractivity (Wildman–Crippen MR) is 80.2 cm³/mol. The van der Waals surface area contributed by atoms with Crippen LogP contribution in [0, 0.1) is 0 Å². The summed E-state index contributed by atoms with van der Waals surface area (Å²) in [4.78, 5) is 12.7. The molecule has 2 aromatic rings. The Morgan fingerprint density at radius 2 is 1.58 bits per heavy atom. The van der Waals surface area contributed by atoms with Gasteiger partial charge in [-0.25, -0.2) is 0 Å². The average Bonchev–Trinajstić information content (AvgIpc) is 2.42. The zero-order valence-corrected chi connectivity index (χ0v) is 12.1. The first-order chi connectivity index (χ1) is 9.11. The Morgan fingerprint density at radius 3 is 2.11 bits per heavy atom. The lowest BCUT2D eigenvalue weighted by atomic mass is 10.2. The fourth-order valence-corrected chi connectivity index (χ4v) is 2.26. The van der Waals surface area contributed by atoms with Crippen molar-refractivity contribution < 1.29 is 4.79 Å². The number of carbonyl (C=O) groups excluding carboxylic acids is 1. The van der Waals surface area contributed by atoms with E-state index in [0.717, 1.165) is 12.0 Å². The number of benzene rings is 2. The standard InChI is InChI=1S/C14H10Cl3NO/c15-12-6-11(7-13(16)14(12)17)18(9-19)8-10-4-2-1-3-5-10/h1-7,9H,8H2. The van der Waals surface area contributed by atoms with Crippen LogP contribution in [0.1, 0.15) is 5.56 Å². The van der Waals surface area contributed by atoms with Crippen molar-refractivity contribution in [1.82, 2.24) is 0 Å². The number of amides is 1. The van der Waals surface area contributed by atoms with Crippen LogP contribution in [0.5, 0.6) is 0 Å². The smallest absolute Gasteiger partial charge is 0.214 e. The summed E-state index contributed by atoms with van der Waals surface area (Å²) in [6.07, 6.45) is 0.739. The molecule has 0 aromatic heterocycles. The molecule has 1 amide bonds. The summed E-state index contributed by atoms with van der Waals surface area (Å²) < 4.78 is 0. The minimum Gasteiger partial charge on any atom is -0.310 e. The predicted octanol–water partition coefficient (Wildman–Crippen LogP) is 4.81. The molecule has 0 saturated carbocycles. The van der Waals surface area contributed by atoms with Gasteiger partial charge in [0.15, 0.2) is 0 Å². The summed E-state index contributed by atoms with van der Waals surface area (Å²) in [5.41, 5.74) is 1.62. The van der Waals surface area contributed by atoms with Crippen LogP contribution in [0.25, 0.3) is 0 Å². The second-order valence-corrected chi connectivity index (χ2v) is 5.13. The molecule has 2 aromatic carbocycles. The Kier molecular flexibility index (Phi) is 4.70. The molecule has 0 N–H and O–H groups in total. The molecule has 0 fully saturated rings. The fraction of sp³-hybridized carbons (Fsp3) is 0.0714. The van der Waals surface area contributed by atoms with Gasteiger partial charge in [0.05, 0.1) is 21.6 Å². The monoisotopic (exact) mass is 313 g/mol. The second kappa shape index (κ2) is 6.29. The maximum Gasteiger partial charge on any atom is 0.214 e. The maximum absolute atomic E-state index is 11.2. The second-order valence-electron chi connectivity index (χ2n) is 3.94. The van der Waals surface area contributed by atoms with E-state index in [9.17, 15) is 4.79 Å². The summed E-state index contributed by atoms with van der Waals surface area (Å²) in [7, 11) is 0. The van der Waals surface area contributed by atoms with Crippen molar-refractivity contribution in [3.05, 3.63) is 63.1 Å². The number of hydrogen-bond acceptors (Lipinski definition) is 1. The van der Waals surface area contributed by atoms with Crippen molar-refractivity contribution >= 4 is 46.9 Å². The van der Waals surface area contributed by atoms with Gasteiger partial charge in [0.25, 0.3) is 0 Å². The molecule has 5 heteroatoms. The van der Waals surface area contributed by atoms with Crippen LogP contribution in [0.15, 0.2) is 42.5 Å². The summed E-state index contributed by atoms with van der Waals surface area (Å²) in [6, 6.07) is 12.9. The van der Waals surface area contributed by atoms with Crippen LogP contribution in [-0.4, -0.2) is 6.41 Å². The normalized spacial score (nSPS) is 10.3. The minimum absolute atomic E-state index is 0.289. The van der Waals surface area contributed by atoms with Crippen molar-refractivity contribution in [1.29, 1.82) is 0 Å². The molecule has 2 nitrogen and oxygen atoms in total. The summed E-state index contributed by atoms with van der Waals surface area (Å²) in [6.45, 7) is 0.443. The van der Waals surface area contributed by atoms with Gasteiger partial charge >= 0.3 is 0 Å². The lowest BCUT2D eigenvalue weighted by molar-refractivity contribution is -0.107. The highest BCUT2D eigenvalue weighted by molar-refractivity contribution is 6.48. The summed E-state index contributed by atoms with van der Waals surface area (Å²) in [5, 5.41) is 0.936. The largest absolute Gasteiger partial charge is 0.310 e. The van der Waals surface area contributed by atoms with Gasteiger partial charge in [-0.05, 0) is 17.7 Å². The molecule has 98 valence electrons. The minimum atomic E-state index is 0.289. The molecule has 0 aliphatic heterocycles. The maximum atomic E-state index is 11.2. The molecular weight excluding hydrogens is 305 g/mol. The van der Waals surface area contributed by atoms with Crippen LogP contribution >= 0.6 is 34.8 Å². The van der Waals surface area contributed by atoms with Gasteiger partial charge < -0.3 is 4.90 Å². The number of anilines is 1. The van der Waals surface area contributed by atoms with Crippen LogP contribution in [-0.2, 0) is 11.3 Å². The first-order valence-electron chi connectivity index (χ1n) is 5.52. The van der Waals surface area contributed by atoms with Crippen molar-refractivity contribution in [2.24, 2.45) is 0 Å². The molecule has 0 aliphatic carbocycles. The van der Waals surface area contributed by atoms with Gasteiger partial charge in [-0.3, -0.25) is 4.79 Å². The van der Waals surface area contributed by atoms with E-state index in [0.29, 0.717) is 22.3 Å². The van der Waals surface area contributed by atoms with E-state index >= 15 is 0 Å². The Balaban J connectivity index is 2.30. The number of rotatable bonds is 4. The zero-order chi connectivity index (χ0) is 13.8. The van der Waals surface area contributed by atoms with E-state index in [1.807, 2.05) is 30.3 Å².